The van der Waals surface area contributed by atoms with Crippen molar-refractivity contribution in [2.75, 3.05) is 31.1 Å². The zero-order valence-corrected chi connectivity index (χ0v) is 16.5. The molecular weight excluding hydrogens is 324 g/mol. The average Bonchev–Trinajstić information content (AvgIpc) is 3.40. The highest BCUT2D eigenvalue weighted by Crippen LogP contribution is 2.45. The van der Waals surface area contributed by atoms with Crippen LogP contribution in [0.2, 0.25) is 0 Å². The van der Waals surface area contributed by atoms with Crippen LogP contribution in [0.4, 0.5) is 5.82 Å². The Labute approximate surface area is 156 Å². The van der Waals surface area contributed by atoms with Gasteiger partial charge in [0.05, 0.1) is 23.5 Å². The van der Waals surface area contributed by atoms with E-state index in [2.05, 4.69) is 44.0 Å². The third kappa shape index (κ3) is 3.33. The molecule has 0 aromatic carbocycles. The fourth-order valence-corrected chi connectivity index (χ4v) is 4.29. The third-order valence-corrected chi connectivity index (χ3v) is 5.79. The van der Waals surface area contributed by atoms with E-state index in [1.807, 2.05) is 0 Å². The van der Waals surface area contributed by atoms with Gasteiger partial charge in [-0.05, 0) is 37.7 Å². The molecule has 3 heterocycles. The van der Waals surface area contributed by atoms with Crippen LogP contribution >= 0.6 is 0 Å². The van der Waals surface area contributed by atoms with Crippen LogP contribution in [-0.2, 0) is 17.8 Å². The van der Waals surface area contributed by atoms with E-state index in [0.29, 0.717) is 12.5 Å². The zero-order chi connectivity index (χ0) is 18.5. The molecule has 1 saturated carbocycles. The van der Waals surface area contributed by atoms with Crippen molar-refractivity contribution in [3.8, 4) is 6.07 Å². The van der Waals surface area contributed by atoms with Gasteiger partial charge >= 0.3 is 0 Å². The van der Waals surface area contributed by atoms with Crippen molar-refractivity contribution in [3.63, 3.8) is 0 Å². The largest absolute Gasteiger partial charge is 0.370 e. The first-order valence-electron chi connectivity index (χ1n) is 9.85. The minimum atomic E-state index is -0.225. The van der Waals surface area contributed by atoms with Crippen molar-refractivity contribution in [2.45, 2.75) is 65.1 Å². The Morgan fingerprint density at radius 1 is 1.23 bits per heavy atom. The smallest absolute Gasteiger partial charge is 0.147 e. The molecule has 3 aliphatic rings. The highest BCUT2D eigenvalue weighted by molar-refractivity contribution is 5.62. The number of aromatic nitrogens is 1. The molecule has 2 fully saturated rings. The van der Waals surface area contributed by atoms with Gasteiger partial charge in [0.2, 0.25) is 0 Å². The van der Waals surface area contributed by atoms with Crippen LogP contribution in [0.15, 0.2) is 0 Å². The molecule has 0 radical (unpaired) electrons. The lowest BCUT2D eigenvalue weighted by molar-refractivity contribution is -0.0407. The quantitative estimate of drug-likeness (QED) is 0.884. The van der Waals surface area contributed by atoms with E-state index < -0.39 is 0 Å². The predicted molar refractivity (Wildman–Crippen MR) is 102 cm³/mol. The monoisotopic (exact) mass is 354 g/mol. The molecule has 0 unspecified atom stereocenters. The Bertz CT molecular complexity index is 758. The van der Waals surface area contributed by atoms with Crippen LogP contribution in [0, 0.1) is 16.7 Å². The van der Waals surface area contributed by atoms with Crippen molar-refractivity contribution in [2.24, 2.45) is 5.41 Å². The van der Waals surface area contributed by atoms with Crippen LogP contribution in [0.1, 0.15) is 68.8 Å². The van der Waals surface area contributed by atoms with Gasteiger partial charge in [0.1, 0.15) is 11.9 Å². The van der Waals surface area contributed by atoms with Crippen LogP contribution < -0.4 is 10.2 Å². The molecule has 0 spiro atoms. The van der Waals surface area contributed by atoms with Crippen molar-refractivity contribution < 1.29 is 4.74 Å². The molecule has 5 nitrogen and oxygen atoms in total. The first-order chi connectivity index (χ1) is 12.3. The van der Waals surface area contributed by atoms with Gasteiger partial charge in [0.15, 0.2) is 0 Å². The lowest BCUT2D eigenvalue weighted by atomic mass is 9.87. The number of hydrogen-bond acceptors (Lipinski definition) is 5. The van der Waals surface area contributed by atoms with E-state index in [1.165, 1.54) is 29.7 Å². The van der Waals surface area contributed by atoms with E-state index in [-0.39, 0.29) is 11.0 Å². The second-order valence-electron chi connectivity index (χ2n) is 9.53. The van der Waals surface area contributed by atoms with E-state index in [4.69, 9.17) is 9.72 Å². The highest BCUT2D eigenvalue weighted by Gasteiger charge is 2.38. The maximum absolute atomic E-state index is 10.0. The standard InChI is InChI=1S/C21H30N4O/c1-20(2)12-23-7-8-25(13-20)19-16(10-22)15-9-21(3,4)26-11-17(15)18(24-19)14-5-6-14/h14,23H,5-9,11-13H2,1-4H3. The molecular formula is C21H30N4O. The third-order valence-electron chi connectivity index (χ3n) is 5.79. The van der Waals surface area contributed by atoms with Crippen molar-refractivity contribution in [3.05, 3.63) is 22.4 Å². The van der Waals surface area contributed by atoms with E-state index in [9.17, 15) is 5.26 Å². The second kappa shape index (κ2) is 6.21. The maximum Gasteiger partial charge on any atom is 0.147 e. The molecule has 1 N–H and O–H groups in total. The Morgan fingerprint density at radius 3 is 2.69 bits per heavy atom. The van der Waals surface area contributed by atoms with Gasteiger partial charge in [-0.25, -0.2) is 4.98 Å². The SMILES string of the molecule is CC1(C)CNCCN(c2nc(C3CC3)c3c(c2C#N)CC(C)(C)OC3)C1. The minimum Gasteiger partial charge on any atom is -0.370 e. The van der Waals surface area contributed by atoms with Crippen LogP contribution in [-0.4, -0.2) is 36.8 Å². The van der Waals surface area contributed by atoms with Crippen LogP contribution in [0.25, 0.3) is 0 Å². The van der Waals surface area contributed by atoms with Crippen LogP contribution in [0.3, 0.4) is 0 Å². The highest BCUT2D eigenvalue weighted by atomic mass is 16.5. The molecule has 0 atom stereocenters. The molecule has 0 amide bonds. The summed E-state index contributed by atoms with van der Waals surface area (Å²) in [5.74, 6) is 1.46. The number of nitriles is 1. The number of anilines is 1. The van der Waals surface area contributed by atoms with E-state index in [1.54, 1.807) is 0 Å². The second-order valence-corrected chi connectivity index (χ2v) is 9.53. The Hall–Kier alpha value is -1.64. The fourth-order valence-electron chi connectivity index (χ4n) is 4.29. The number of pyridine rings is 1. The Kier molecular flexibility index (Phi) is 4.24. The summed E-state index contributed by atoms with van der Waals surface area (Å²) < 4.78 is 6.08. The number of nitrogens with zero attached hydrogens (tertiary/aromatic N) is 3. The number of nitrogens with one attached hydrogen (secondary N) is 1. The number of hydrogen-bond donors (Lipinski definition) is 1. The topological polar surface area (TPSA) is 61.2 Å². The van der Waals surface area contributed by atoms with Gasteiger partial charge in [0, 0.05) is 44.1 Å². The lowest BCUT2D eigenvalue weighted by Crippen LogP contribution is -2.38. The van der Waals surface area contributed by atoms with Crippen molar-refractivity contribution in [1.82, 2.24) is 10.3 Å². The molecule has 4 rings (SSSR count). The summed E-state index contributed by atoms with van der Waals surface area (Å²) in [6.07, 6.45) is 3.21. The molecule has 0 bridgehead atoms. The summed E-state index contributed by atoms with van der Waals surface area (Å²) in [6.45, 7) is 13.1. The van der Waals surface area contributed by atoms with Crippen molar-refractivity contribution in [1.29, 1.82) is 5.26 Å². The molecule has 140 valence electrons. The summed E-state index contributed by atoms with van der Waals surface area (Å²) in [5.41, 5.74) is 4.28. The van der Waals surface area contributed by atoms with Gasteiger partial charge in [0.25, 0.3) is 0 Å². The van der Waals surface area contributed by atoms with E-state index in [0.717, 1.165) is 44.0 Å². The maximum atomic E-state index is 10.0. The van der Waals surface area contributed by atoms with Gasteiger partial charge in [-0.1, -0.05) is 13.8 Å². The summed E-state index contributed by atoms with van der Waals surface area (Å²) >= 11 is 0. The molecule has 1 aromatic rings. The first kappa shape index (κ1) is 17.8. The Morgan fingerprint density at radius 2 is 2.00 bits per heavy atom. The van der Waals surface area contributed by atoms with Gasteiger partial charge in [-0.2, -0.15) is 5.26 Å². The number of fused-ring (bicyclic) bond motifs is 1. The number of ether oxygens (including phenoxy) is 1. The number of rotatable bonds is 2. The molecule has 1 saturated heterocycles. The fraction of sp³-hybridized carbons (Fsp3) is 0.714. The summed E-state index contributed by atoms with van der Waals surface area (Å²) in [7, 11) is 0. The lowest BCUT2D eigenvalue weighted by Gasteiger charge is -2.36. The minimum absolute atomic E-state index is 0.156. The van der Waals surface area contributed by atoms with Crippen LogP contribution in [0.5, 0.6) is 0 Å². The van der Waals surface area contributed by atoms with Gasteiger partial charge in [-0.3, -0.25) is 0 Å². The summed E-state index contributed by atoms with van der Waals surface area (Å²) in [5, 5.41) is 13.6. The molecule has 1 aliphatic carbocycles. The average molecular weight is 354 g/mol. The van der Waals surface area contributed by atoms with Gasteiger partial charge in [-0.15, -0.1) is 0 Å². The predicted octanol–water partition coefficient (Wildman–Crippen LogP) is 3.12. The normalized spacial score (nSPS) is 24.5. The van der Waals surface area contributed by atoms with Gasteiger partial charge < -0.3 is 15.0 Å². The molecule has 1 aromatic heterocycles. The first-order valence-corrected chi connectivity index (χ1v) is 9.85. The summed E-state index contributed by atoms with van der Waals surface area (Å²) in [6, 6.07) is 2.51. The zero-order valence-electron chi connectivity index (χ0n) is 16.5. The molecule has 5 heteroatoms. The molecule has 2 aliphatic heterocycles. The Balaban J connectivity index is 1.84. The van der Waals surface area contributed by atoms with Crippen molar-refractivity contribution >= 4 is 5.82 Å². The summed E-state index contributed by atoms with van der Waals surface area (Å²) in [4.78, 5) is 7.43. The molecule has 26 heavy (non-hydrogen) atoms. The van der Waals surface area contributed by atoms with E-state index >= 15 is 0 Å².